The van der Waals surface area contributed by atoms with Crippen molar-refractivity contribution in [1.82, 2.24) is 5.06 Å². The molecule has 0 radical (unpaired) electrons. The van der Waals surface area contributed by atoms with Crippen LogP contribution in [0, 0.1) is 0 Å². The van der Waals surface area contributed by atoms with Crippen LogP contribution < -0.4 is 0 Å². The molecule has 0 aromatic heterocycles. The van der Waals surface area contributed by atoms with Crippen LogP contribution in [0.4, 0.5) is 0 Å². The molecule has 0 amide bonds. The number of hydroxylamine groups is 2. The molecule has 0 aliphatic rings. The zero-order valence-electron chi connectivity index (χ0n) is 12.2. The van der Waals surface area contributed by atoms with Crippen LogP contribution in [-0.2, 0) is 0 Å². The second-order valence-corrected chi connectivity index (χ2v) is 4.12. The lowest BCUT2D eigenvalue weighted by Gasteiger charge is -2.06. The van der Waals surface area contributed by atoms with E-state index in [1.165, 1.54) is 0 Å². The second kappa shape index (κ2) is 9.87. The van der Waals surface area contributed by atoms with Gasteiger partial charge in [0, 0.05) is 13.1 Å². The first-order chi connectivity index (χ1) is 10.7. The van der Waals surface area contributed by atoms with Crippen LogP contribution in [0.5, 0.6) is 0 Å². The molecular weight excluding hydrogens is 306 g/mol. The molecule has 0 saturated carbocycles. The number of rotatable bonds is 7. The first-order valence-corrected chi connectivity index (χ1v) is 6.24. The van der Waals surface area contributed by atoms with Gasteiger partial charge in [0.25, 0.3) is 0 Å². The van der Waals surface area contributed by atoms with E-state index in [0.29, 0.717) is 13.1 Å². The maximum Gasteiger partial charge on any atom is 0.336 e. The summed E-state index contributed by atoms with van der Waals surface area (Å²) in [5.74, 6) is -4.20. The molecular formula is C15H17NO7. The molecule has 0 heterocycles. The Morgan fingerprint density at radius 2 is 1.39 bits per heavy atom. The van der Waals surface area contributed by atoms with E-state index in [9.17, 15) is 14.4 Å². The fourth-order valence-corrected chi connectivity index (χ4v) is 1.41. The lowest BCUT2D eigenvalue weighted by molar-refractivity contribution is -0.0691. The Labute approximate surface area is 132 Å². The van der Waals surface area contributed by atoms with Gasteiger partial charge in [-0.2, -0.15) is 5.06 Å². The molecule has 23 heavy (non-hydrogen) atoms. The SMILES string of the molecule is C=CCN(O)CC=C.O=C(O)c1ccc(C(=O)O)c(C(=O)O)c1. The summed E-state index contributed by atoms with van der Waals surface area (Å²) in [7, 11) is 0. The summed E-state index contributed by atoms with van der Waals surface area (Å²) >= 11 is 0. The van der Waals surface area contributed by atoms with E-state index >= 15 is 0 Å². The van der Waals surface area contributed by atoms with Crippen LogP contribution in [0.25, 0.3) is 0 Å². The van der Waals surface area contributed by atoms with E-state index < -0.39 is 29.0 Å². The fraction of sp³-hybridized carbons (Fsp3) is 0.133. The van der Waals surface area contributed by atoms with E-state index in [0.717, 1.165) is 23.3 Å². The second-order valence-electron chi connectivity index (χ2n) is 4.12. The number of benzene rings is 1. The molecule has 8 heteroatoms. The zero-order valence-corrected chi connectivity index (χ0v) is 12.2. The molecule has 1 aromatic rings. The number of carbonyl (C=O) groups is 3. The van der Waals surface area contributed by atoms with Gasteiger partial charge in [-0.1, -0.05) is 12.2 Å². The molecule has 0 atom stereocenters. The third-order valence-electron chi connectivity index (χ3n) is 2.41. The Hall–Kier alpha value is -2.97. The minimum absolute atomic E-state index is 0.266. The third kappa shape index (κ3) is 7.02. The maximum atomic E-state index is 10.6. The topological polar surface area (TPSA) is 135 Å². The highest BCUT2D eigenvalue weighted by Crippen LogP contribution is 2.12. The van der Waals surface area contributed by atoms with E-state index in [4.69, 9.17) is 20.5 Å². The van der Waals surface area contributed by atoms with Gasteiger partial charge in [-0.3, -0.25) is 0 Å². The van der Waals surface area contributed by atoms with E-state index in [2.05, 4.69) is 13.2 Å². The van der Waals surface area contributed by atoms with Crippen LogP contribution in [0.1, 0.15) is 31.1 Å². The molecule has 1 rings (SSSR count). The minimum Gasteiger partial charge on any atom is -0.478 e. The van der Waals surface area contributed by atoms with Crippen LogP contribution in [0.15, 0.2) is 43.5 Å². The van der Waals surface area contributed by atoms with Gasteiger partial charge < -0.3 is 20.5 Å². The Balaban J connectivity index is 0.000000515. The van der Waals surface area contributed by atoms with Crippen molar-refractivity contribution in [3.8, 4) is 0 Å². The number of hydrogen-bond donors (Lipinski definition) is 4. The first-order valence-electron chi connectivity index (χ1n) is 6.24. The van der Waals surface area contributed by atoms with Gasteiger partial charge in [-0.05, 0) is 18.2 Å². The van der Waals surface area contributed by atoms with Crippen molar-refractivity contribution in [2.24, 2.45) is 0 Å². The average Bonchev–Trinajstić information content (AvgIpc) is 2.47. The smallest absolute Gasteiger partial charge is 0.336 e. The molecule has 124 valence electrons. The molecule has 4 N–H and O–H groups in total. The molecule has 0 aliphatic heterocycles. The summed E-state index contributed by atoms with van der Waals surface area (Å²) in [4.78, 5) is 31.8. The van der Waals surface area contributed by atoms with Crippen molar-refractivity contribution < 1.29 is 34.9 Å². The number of aromatic carboxylic acids is 3. The van der Waals surface area contributed by atoms with Crippen LogP contribution >= 0.6 is 0 Å². The molecule has 8 nitrogen and oxygen atoms in total. The van der Waals surface area contributed by atoms with Crippen LogP contribution in [0.3, 0.4) is 0 Å². The van der Waals surface area contributed by atoms with Gasteiger partial charge in [-0.25, -0.2) is 14.4 Å². The van der Waals surface area contributed by atoms with Gasteiger partial charge >= 0.3 is 17.9 Å². The number of carboxylic acids is 3. The first kappa shape index (κ1) is 20.0. The van der Waals surface area contributed by atoms with E-state index in [1.807, 2.05) is 0 Å². The maximum absolute atomic E-state index is 10.6. The highest BCUT2D eigenvalue weighted by molar-refractivity contribution is 6.03. The minimum atomic E-state index is -1.48. The fourth-order valence-electron chi connectivity index (χ4n) is 1.41. The Bertz CT molecular complexity index is 600. The lowest BCUT2D eigenvalue weighted by atomic mass is 10.0. The zero-order chi connectivity index (χ0) is 18.0. The van der Waals surface area contributed by atoms with Crippen LogP contribution in [0.2, 0.25) is 0 Å². The molecule has 0 bridgehead atoms. The van der Waals surface area contributed by atoms with Gasteiger partial charge in [0.1, 0.15) is 0 Å². The van der Waals surface area contributed by atoms with Crippen LogP contribution in [-0.4, -0.2) is 56.6 Å². The molecule has 0 saturated heterocycles. The number of hydrogen-bond acceptors (Lipinski definition) is 5. The van der Waals surface area contributed by atoms with Gasteiger partial charge in [-0.15, -0.1) is 13.2 Å². The molecule has 0 fully saturated rings. The summed E-state index contributed by atoms with van der Waals surface area (Å²) in [6.07, 6.45) is 3.26. The predicted molar refractivity (Wildman–Crippen MR) is 81.1 cm³/mol. The normalized spacial score (nSPS) is 9.48. The lowest BCUT2D eigenvalue weighted by Crippen LogP contribution is -2.18. The van der Waals surface area contributed by atoms with Crippen molar-refractivity contribution in [3.05, 3.63) is 60.2 Å². The van der Waals surface area contributed by atoms with Gasteiger partial charge in [0.15, 0.2) is 0 Å². The largest absolute Gasteiger partial charge is 0.478 e. The van der Waals surface area contributed by atoms with Crippen molar-refractivity contribution in [2.45, 2.75) is 0 Å². The van der Waals surface area contributed by atoms with E-state index in [1.54, 1.807) is 12.2 Å². The number of carboxylic acid groups (broad SMARTS) is 3. The molecule has 0 unspecified atom stereocenters. The summed E-state index contributed by atoms with van der Waals surface area (Å²) < 4.78 is 0. The van der Waals surface area contributed by atoms with Crippen molar-refractivity contribution in [1.29, 1.82) is 0 Å². The summed E-state index contributed by atoms with van der Waals surface area (Å²) in [6.45, 7) is 7.88. The van der Waals surface area contributed by atoms with Crippen molar-refractivity contribution in [2.75, 3.05) is 13.1 Å². The average molecular weight is 323 g/mol. The standard InChI is InChI=1S/C9H6O6.C6H11NO/c10-7(11)4-1-2-5(8(12)13)6(3-4)9(14)15;1-3-5-7(8)6-4-2/h1-3H,(H,10,11)(H,12,13)(H,14,15);3-4,8H,1-2,5-6H2. The highest BCUT2D eigenvalue weighted by atomic mass is 16.5. The molecule has 0 aliphatic carbocycles. The number of nitrogens with zero attached hydrogens (tertiary/aromatic N) is 1. The third-order valence-corrected chi connectivity index (χ3v) is 2.41. The highest BCUT2D eigenvalue weighted by Gasteiger charge is 2.17. The molecule has 0 spiro atoms. The molecule has 1 aromatic carbocycles. The Morgan fingerprint density at radius 1 is 0.913 bits per heavy atom. The Kier molecular flexibility index (Phi) is 8.60. The quantitative estimate of drug-likeness (QED) is 0.441. The summed E-state index contributed by atoms with van der Waals surface area (Å²) in [6, 6.07) is 2.81. The van der Waals surface area contributed by atoms with Gasteiger partial charge in [0.2, 0.25) is 0 Å². The predicted octanol–water partition coefficient (Wildman–Crippen LogP) is 1.83. The van der Waals surface area contributed by atoms with Crippen molar-refractivity contribution >= 4 is 17.9 Å². The monoisotopic (exact) mass is 323 g/mol. The van der Waals surface area contributed by atoms with Crippen molar-refractivity contribution in [3.63, 3.8) is 0 Å². The summed E-state index contributed by atoms with van der Waals surface area (Å²) in [5.41, 5.74) is -1.24. The Morgan fingerprint density at radius 3 is 1.74 bits per heavy atom. The van der Waals surface area contributed by atoms with E-state index in [-0.39, 0.29) is 5.56 Å². The summed E-state index contributed by atoms with van der Waals surface area (Å²) in [5, 5.41) is 35.7. The van der Waals surface area contributed by atoms with Gasteiger partial charge in [0.05, 0.1) is 16.7 Å².